The van der Waals surface area contributed by atoms with E-state index in [0.717, 1.165) is 24.4 Å². The van der Waals surface area contributed by atoms with E-state index in [4.69, 9.17) is 10.5 Å². The van der Waals surface area contributed by atoms with Gasteiger partial charge in [0.2, 0.25) is 0 Å². The molecule has 5 nitrogen and oxygen atoms in total. The van der Waals surface area contributed by atoms with Crippen LogP contribution in [0.25, 0.3) is 0 Å². The number of aryl methyl sites for hydroxylation is 2. The predicted octanol–water partition coefficient (Wildman–Crippen LogP) is 1.34. The van der Waals surface area contributed by atoms with Crippen molar-refractivity contribution >= 4 is 0 Å². The molecule has 1 atom stereocenters. The van der Waals surface area contributed by atoms with Gasteiger partial charge in [-0.2, -0.15) is 0 Å². The van der Waals surface area contributed by atoms with Crippen molar-refractivity contribution in [3.05, 3.63) is 41.5 Å². The summed E-state index contributed by atoms with van der Waals surface area (Å²) in [4.78, 5) is 0. The van der Waals surface area contributed by atoms with Crippen LogP contribution in [0.1, 0.15) is 29.4 Å². The van der Waals surface area contributed by atoms with Crippen LogP contribution in [0.15, 0.2) is 24.5 Å². The third-order valence-electron chi connectivity index (χ3n) is 3.41. The van der Waals surface area contributed by atoms with Gasteiger partial charge in [-0.3, -0.25) is 0 Å². The fourth-order valence-corrected chi connectivity index (χ4v) is 2.30. The number of hydrogen-bond donors (Lipinski definition) is 1. The second-order valence-electron chi connectivity index (χ2n) is 4.65. The molecule has 3 rings (SSSR count). The molecule has 0 saturated heterocycles. The lowest BCUT2D eigenvalue weighted by molar-refractivity contribution is 0.291. The van der Waals surface area contributed by atoms with Crippen LogP contribution in [0.3, 0.4) is 0 Å². The van der Waals surface area contributed by atoms with Crippen LogP contribution in [0.5, 0.6) is 5.75 Å². The minimum absolute atomic E-state index is 0.188. The molecule has 18 heavy (non-hydrogen) atoms. The van der Waals surface area contributed by atoms with Gasteiger partial charge < -0.3 is 15.0 Å². The second-order valence-corrected chi connectivity index (χ2v) is 4.65. The van der Waals surface area contributed by atoms with Gasteiger partial charge in [-0.15, -0.1) is 10.2 Å². The van der Waals surface area contributed by atoms with Crippen LogP contribution < -0.4 is 10.5 Å². The van der Waals surface area contributed by atoms with Gasteiger partial charge in [0.25, 0.3) is 0 Å². The molecule has 0 saturated carbocycles. The molecule has 0 spiro atoms. The van der Waals surface area contributed by atoms with E-state index in [-0.39, 0.29) is 6.04 Å². The largest absolute Gasteiger partial charge is 0.486 e. The van der Waals surface area contributed by atoms with Crippen molar-refractivity contribution in [1.82, 2.24) is 14.8 Å². The third-order valence-corrected chi connectivity index (χ3v) is 3.41. The van der Waals surface area contributed by atoms with E-state index in [2.05, 4.69) is 22.3 Å². The Labute approximate surface area is 106 Å². The Morgan fingerprint density at radius 1 is 1.50 bits per heavy atom. The average molecular weight is 244 g/mol. The maximum absolute atomic E-state index is 6.00. The standard InChI is InChI=1S/C13H16N4O/c1-17-8-15-16-13(17)7-18-10-3-4-11-9(6-10)2-5-12(11)14/h3-4,6,8,12H,2,5,7,14H2,1H3/t12-/m1/s1. The molecule has 1 aliphatic carbocycles. The Morgan fingerprint density at radius 2 is 2.39 bits per heavy atom. The summed E-state index contributed by atoms with van der Waals surface area (Å²) in [6.45, 7) is 0.432. The van der Waals surface area contributed by atoms with Crippen LogP contribution in [0.4, 0.5) is 0 Å². The zero-order chi connectivity index (χ0) is 12.5. The van der Waals surface area contributed by atoms with E-state index in [1.807, 2.05) is 17.7 Å². The zero-order valence-corrected chi connectivity index (χ0v) is 10.3. The molecule has 1 heterocycles. The zero-order valence-electron chi connectivity index (χ0n) is 10.3. The van der Waals surface area contributed by atoms with E-state index in [0.29, 0.717) is 6.61 Å². The van der Waals surface area contributed by atoms with E-state index >= 15 is 0 Å². The molecule has 0 radical (unpaired) electrons. The SMILES string of the molecule is Cn1cnnc1COc1ccc2c(c1)CC[C@H]2N. The van der Waals surface area contributed by atoms with Crippen molar-refractivity contribution in [2.45, 2.75) is 25.5 Å². The molecule has 1 aliphatic rings. The van der Waals surface area contributed by atoms with E-state index in [1.54, 1.807) is 6.33 Å². The highest BCUT2D eigenvalue weighted by atomic mass is 16.5. The number of nitrogens with two attached hydrogens (primary N) is 1. The highest BCUT2D eigenvalue weighted by molar-refractivity contribution is 5.40. The van der Waals surface area contributed by atoms with Gasteiger partial charge in [-0.25, -0.2) is 0 Å². The molecule has 0 amide bonds. The highest BCUT2D eigenvalue weighted by Crippen LogP contribution is 2.31. The monoisotopic (exact) mass is 244 g/mol. The van der Waals surface area contributed by atoms with Crippen LogP contribution >= 0.6 is 0 Å². The number of aromatic nitrogens is 3. The first-order valence-electron chi connectivity index (χ1n) is 6.08. The summed E-state index contributed by atoms with van der Waals surface area (Å²) in [5.41, 5.74) is 8.56. The topological polar surface area (TPSA) is 66.0 Å². The Bertz CT molecular complexity index is 564. The Kier molecular flexibility index (Phi) is 2.76. The van der Waals surface area contributed by atoms with Gasteiger partial charge >= 0.3 is 0 Å². The maximum atomic E-state index is 6.00. The molecule has 1 aromatic carbocycles. The molecule has 94 valence electrons. The number of fused-ring (bicyclic) bond motifs is 1. The third kappa shape index (κ3) is 1.97. The lowest BCUT2D eigenvalue weighted by Gasteiger charge is -2.09. The van der Waals surface area contributed by atoms with E-state index in [1.165, 1.54) is 11.1 Å². The number of rotatable bonds is 3. The summed E-state index contributed by atoms with van der Waals surface area (Å²) in [7, 11) is 1.90. The summed E-state index contributed by atoms with van der Waals surface area (Å²) < 4.78 is 7.58. The molecule has 0 unspecified atom stereocenters. The Morgan fingerprint density at radius 3 is 3.17 bits per heavy atom. The van der Waals surface area contributed by atoms with Crippen molar-refractivity contribution in [2.75, 3.05) is 0 Å². The fraction of sp³-hybridized carbons (Fsp3) is 0.385. The first-order chi connectivity index (χ1) is 8.74. The van der Waals surface area contributed by atoms with Gasteiger partial charge in [0.1, 0.15) is 18.7 Å². The first-order valence-corrected chi connectivity index (χ1v) is 6.08. The van der Waals surface area contributed by atoms with Gasteiger partial charge in [0, 0.05) is 13.1 Å². The molecular formula is C13H16N4O. The summed E-state index contributed by atoms with van der Waals surface area (Å²) in [5, 5.41) is 7.80. The number of benzene rings is 1. The fourth-order valence-electron chi connectivity index (χ4n) is 2.30. The van der Waals surface area contributed by atoms with E-state index < -0.39 is 0 Å². The number of nitrogens with zero attached hydrogens (tertiary/aromatic N) is 3. The van der Waals surface area contributed by atoms with Gasteiger partial charge in [0.15, 0.2) is 5.82 Å². The van der Waals surface area contributed by atoms with Crippen molar-refractivity contribution in [3.63, 3.8) is 0 Å². The van der Waals surface area contributed by atoms with Gasteiger partial charge in [0.05, 0.1) is 0 Å². The van der Waals surface area contributed by atoms with Crippen molar-refractivity contribution < 1.29 is 4.74 Å². The summed E-state index contributed by atoms with van der Waals surface area (Å²) in [5.74, 6) is 1.68. The van der Waals surface area contributed by atoms with Crippen LogP contribution in [0, 0.1) is 0 Å². The van der Waals surface area contributed by atoms with Crippen molar-refractivity contribution in [3.8, 4) is 5.75 Å². The van der Waals surface area contributed by atoms with Crippen LogP contribution in [-0.4, -0.2) is 14.8 Å². The summed E-state index contributed by atoms with van der Waals surface area (Å²) in [6, 6.07) is 6.31. The number of hydrogen-bond acceptors (Lipinski definition) is 4. The van der Waals surface area contributed by atoms with Crippen molar-refractivity contribution in [1.29, 1.82) is 0 Å². The number of ether oxygens (including phenoxy) is 1. The second kappa shape index (κ2) is 4.42. The van der Waals surface area contributed by atoms with E-state index in [9.17, 15) is 0 Å². The minimum Gasteiger partial charge on any atom is -0.486 e. The smallest absolute Gasteiger partial charge is 0.170 e. The van der Waals surface area contributed by atoms with Crippen LogP contribution in [-0.2, 0) is 20.1 Å². The Balaban J connectivity index is 1.73. The lowest BCUT2D eigenvalue weighted by atomic mass is 10.1. The summed E-state index contributed by atoms with van der Waals surface area (Å²) in [6.07, 6.45) is 3.74. The molecule has 0 aliphatic heterocycles. The molecule has 0 bridgehead atoms. The Hall–Kier alpha value is -1.88. The highest BCUT2D eigenvalue weighted by Gasteiger charge is 2.19. The molecule has 1 aromatic heterocycles. The maximum Gasteiger partial charge on any atom is 0.170 e. The molecular weight excluding hydrogens is 228 g/mol. The van der Waals surface area contributed by atoms with Crippen LogP contribution in [0.2, 0.25) is 0 Å². The minimum atomic E-state index is 0.188. The molecule has 0 fully saturated rings. The quantitative estimate of drug-likeness (QED) is 0.884. The normalized spacial score (nSPS) is 17.8. The summed E-state index contributed by atoms with van der Waals surface area (Å²) >= 11 is 0. The first kappa shape index (κ1) is 11.2. The molecule has 2 aromatic rings. The molecule has 2 N–H and O–H groups in total. The molecule has 5 heteroatoms. The van der Waals surface area contributed by atoms with Gasteiger partial charge in [-0.1, -0.05) is 6.07 Å². The predicted molar refractivity (Wildman–Crippen MR) is 67.0 cm³/mol. The van der Waals surface area contributed by atoms with Crippen molar-refractivity contribution in [2.24, 2.45) is 12.8 Å². The van der Waals surface area contributed by atoms with Gasteiger partial charge in [-0.05, 0) is 36.1 Å². The average Bonchev–Trinajstić information content (AvgIpc) is 2.94. The lowest BCUT2D eigenvalue weighted by Crippen LogP contribution is -2.05.